The molecule has 0 aromatic heterocycles. The highest BCUT2D eigenvalue weighted by Gasteiger charge is 2.44. The van der Waals surface area contributed by atoms with Crippen LogP contribution in [0.4, 0.5) is 0 Å². The van der Waals surface area contributed by atoms with Crippen molar-refractivity contribution >= 4 is 0 Å². The van der Waals surface area contributed by atoms with Crippen molar-refractivity contribution in [3.63, 3.8) is 0 Å². The van der Waals surface area contributed by atoms with Gasteiger partial charge in [0.1, 0.15) is 5.75 Å². The van der Waals surface area contributed by atoms with E-state index in [9.17, 15) is 0 Å². The average Bonchev–Trinajstić information content (AvgIpc) is 2.88. The van der Waals surface area contributed by atoms with Crippen LogP contribution in [0.1, 0.15) is 32.3 Å². The van der Waals surface area contributed by atoms with Crippen molar-refractivity contribution in [1.29, 1.82) is 0 Å². The third-order valence-corrected chi connectivity index (χ3v) is 4.46. The minimum Gasteiger partial charge on any atom is -0.497 e. The first-order valence-electron chi connectivity index (χ1n) is 6.70. The Labute approximate surface area is 109 Å². The highest BCUT2D eigenvalue weighted by molar-refractivity contribution is 5.54. The number of hydrogen-bond acceptors (Lipinski definition) is 1. The number of rotatable bonds is 2. The van der Waals surface area contributed by atoms with Gasteiger partial charge in [-0.15, -0.1) is 0 Å². The molecule has 0 N–H and O–H groups in total. The Kier molecular flexibility index (Phi) is 2.58. The second-order valence-electron chi connectivity index (χ2n) is 5.66. The van der Waals surface area contributed by atoms with Crippen LogP contribution in [0.5, 0.6) is 5.75 Å². The van der Waals surface area contributed by atoms with Crippen LogP contribution in [0.3, 0.4) is 0 Å². The second-order valence-corrected chi connectivity index (χ2v) is 5.66. The Bertz CT molecular complexity index is 521. The molecule has 0 amide bonds. The molecule has 1 aromatic carbocycles. The third kappa shape index (κ3) is 1.53. The van der Waals surface area contributed by atoms with Gasteiger partial charge in [0.05, 0.1) is 7.11 Å². The van der Waals surface area contributed by atoms with Crippen LogP contribution >= 0.6 is 0 Å². The number of benzene rings is 1. The van der Waals surface area contributed by atoms with E-state index in [1.54, 1.807) is 12.7 Å². The first kappa shape index (κ1) is 11.6. The fourth-order valence-corrected chi connectivity index (χ4v) is 3.60. The summed E-state index contributed by atoms with van der Waals surface area (Å²) >= 11 is 0. The van der Waals surface area contributed by atoms with E-state index < -0.39 is 0 Å². The zero-order chi connectivity index (χ0) is 12.8. The maximum absolute atomic E-state index is 5.26. The predicted octanol–water partition coefficient (Wildman–Crippen LogP) is 4.25. The summed E-state index contributed by atoms with van der Waals surface area (Å²) in [6.45, 7) is 4.57. The smallest absolute Gasteiger partial charge is 0.118 e. The fourth-order valence-electron chi connectivity index (χ4n) is 3.60. The van der Waals surface area contributed by atoms with Gasteiger partial charge in [-0.2, -0.15) is 0 Å². The normalized spacial score (nSPS) is 29.8. The van der Waals surface area contributed by atoms with Gasteiger partial charge in [0, 0.05) is 5.41 Å². The molecule has 2 aliphatic carbocycles. The summed E-state index contributed by atoms with van der Waals surface area (Å²) in [7, 11) is 1.72. The fraction of sp³-hybridized carbons (Fsp3) is 0.412. The van der Waals surface area contributed by atoms with E-state index in [-0.39, 0.29) is 5.41 Å². The van der Waals surface area contributed by atoms with Crippen LogP contribution in [0.15, 0.2) is 47.6 Å². The maximum Gasteiger partial charge on any atom is 0.118 e. The van der Waals surface area contributed by atoms with Gasteiger partial charge in [-0.3, -0.25) is 0 Å². The molecule has 0 heterocycles. The molecule has 0 radical (unpaired) electrons. The van der Waals surface area contributed by atoms with Crippen LogP contribution < -0.4 is 4.74 Å². The number of ether oxygens (including phenoxy) is 1. The Morgan fingerprint density at radius 2 is 1.94 bits per heavy atom. The molecule has 0 aliphatic heterocycles. The van der Waals surface area contributed by atoms with Crippen LogP contribution in [0, 0.1) is 5.92 Å². The summed E-state index contributed by atoms with van der Waals surface area (Å²) < 4.78 is 5.26. The monoisotopic (exact) mass is 240 g/mol. The SMILES string of the molecule is COc1ccc(C23CC=C(C)C2=CC(C)C3)cc1. The van der Waals surface area contributed by atoms with E-state index in [2.05, 4.69) is 50.3 Å². The first-order chi connectivity index (χ1) is 8.65. The molecule has 1 aromatic rings. The summed E-state index contributed by atoms with van der Waals surface area (Å²) in [5, 5.41) is 0. The molecule has 0 bridgehead atoms. The summed E-state index contributed by atoms with van der Waals surface area (Å²) in [5.41, 5.74) is 4.71. The molecule has 18 heavy (non-hydrogen) atoms. The van der Waals surface area contributed by atoms with Gasteiger partial charge in [0.15, 0.2) is 0 Å². The largest absolute Gasteiger partial charge is 0.497 e. The van der Waals surface area contributed by atoms with Crippen molar-refractivity contribution in [3.05, 3.63) is 53.1 Å². The Hall–Kier alpha value is -1.50. The van der Waals surface area contributed by atoms with Crippen LogP contribution in [-0.4, -0.2) is 7.11 Å². The van der Waals surface area contributed by atoms with Crippen molar-refractivity contribution in [2.45, 2.75) is 32.1 Å². The van der Waals surface area contributed by atoms with E-state index in [0.29, 0.717) is 5.92 Å². The van der Waals surface area contributed by atoms with Gasteiger partial charge in [0.2, 0.25) is 0 Å². The number of allylic oxidation sites excluding steroid dienone is 4. The lowest BCUT2D eigenvalue weighted by molar-refractivity contribution is 0.413. The quantitative estimate of drug-likeness (QED) is 0.751. The second kappa shape index (κ2) is 4.01. The van der Waals surface area contributed by atoms with Crippen molar-refractivity contribution in [3.8, 4) is 5.75 Å². The number of methoxy groups -OCH3 is 1. The summed E-state index contributed by atoms with van der Waals surface area (Å²) in [6.07, 6.45) is 7.24. The number of hydrogen-bond donors (Lipinski definition) is 0. The van der Waals surface area contributed by atoms with Crippen molar-refractivity contribution < 1.29 is 4.74 Å². The molecule has 1 nitrogen and oxygen atoms in total. The van der Waals surface area contributed by atoms with Crippen molar-refractivity contribution in [1.82, 2.24) is 0 Å². The van der Waals surface area contributed by atoms with Gasteiger partial charge in [0.25, 0.3) is 0 Å². The molecule has 2 atom stereocenters. The lowest BCUT2D eigenvalue weighted by atomic mass is 9.74. The topological polar surface area (TPSA) is 9.23 Å². The molecule has 2 unspecified atom stereocenters. The van der Waals surface area contributed by atoms with E-state index >= 15 is 0 Å². The molecule has 94 valence electrons. The van der Waals surface area contributed by atoms with Crippen LogP contribution in [0.2, 0.25) is 0 Å². The lowest BCUT2D eigenvalue weighted by Gasteiger charge is -2.29. The predicted molar refractivity (Wildman–Crippen MR) is 74.9 cm³/mol. The minimum atomic E-state index is 0.246. The molecular weight excluding hydrogens is 220 g/mol. The van der Waals surface area contributed by atoms with E-state index in [1.165, 1.54) is 17.6 Å². The summed E-state index contributed by atoms with van der Waals surface area (Å²) in [5.74, 6) is 1.63. The maximum atomic E-state index is 5.26. The lowest BCUT2D eigenvalue weighted by Crippen LogP contribution is -2.23. The number of fused-ring (bicyclic) bond motifs is 1. The van der Waals surface area contributed by atoms with Crippen molar-refractivity contribution in [2.75, 3.05) is 7.11 Å². The summed E-state index contributed by atoms with van der Waals surface area (Å²) in [4.78, 5) is 0. The zero-order valence-electron chi connectivity index (χ0n) is 11.4. The van der Waals surface area contributed by atoms with E-state index in [4.69, 9.17) is 4.74 Å². The van der Waals surface area contributed by atoms with Crippen molar-refractivity contribution in [2.24, 2.45) is 5.92 Å². The van der Waals surface area contributed by atoms with Crippen LogP contribution in [0.25, 0.3) is 0 Å². The highest BCUT2D eigenvalue weighted by atomic mass is 16.5. The van der Waals surface area contributed by atoms with Gasteiger partial charge in [-0.1, -0.05) is 36.8 Å². The third-order valence-electron chi connectivity index (χ3n) is 4.46. The van der Waals surface area contributed by atoms with Gasteiger partial charge < -0.3 is 4.74 Å². The molecule has 0 saturated heterocycles. The first-order valence-corrected chi connectivity index (χ1v) is 6.70. The Balaban J connectivity index is 2.03. The van der Waals surface area contributed by atoms with E-state index in [1.807, 2.05) is 0 Å². The summed E-state index contributed by atoms with van der Waals surface area (Å²) in [6, 6.07) is 8.63. The molecule has 0 spiro atoms. The molecule has 1 heteroatoms. The zero-order valence-corrected chi connectivity index (χ0v) is 11.4. The average molecular weight is 240 g/mol. The molecular formula is C17H20O. The molecule has 0 saturated carbocycles. The molecule has 3 rings (SSSR count). The molecule has 2 aliphatic rings. The van der Waals surface area contributed by atoms with Gasteiger partial charge in [-0.05, 0) is 49.0 Å². The van der Waals surface area contributed by atoms with Gasteiger partial charge in [-0.25, -0.2) is 0 Å². The van der Waals surface area contributed by atoms with Crippen LogP contribution in [-0.2, 0) is 5.41 Å². The minimum absolute atomic E-state index is 0.246. The standard InChI is InChI=1S/C17H20O/c1-12-10-16-13(2)8-9-17(16,11-12)14-4-6-15(18-3)7-5-14/h4-8,10,12H,9,11H2,1-3H3. The molecule has 0 fully saturated rings. The van der Waals surface area contributed by atoms with E-state index in [0.717, 1.165) is 12.2 Å². The highest BCUT2D eigenvalue weighted by Crippen LogP contribution is 2.53. The Morgan fingerprint density at radius 1 is 1.22 bits per heavy atom. The Morgan fingerprint density at radius 3 is 2.61 bits per heavy atom. The van der Waals surface area contributed by atoms with Gasteiger partial charge >= 0.3 is 0 Å².